The molecule has 0 amide bonds. The van der Waals surface area contributed by atoms with Crippen LogP contribution in [0.5, 0.6) is 5.88 Å². The lowest BCUT2D eigenvalue weighted by molar-refractivity contribution is 0.328. The average molecular weight is 393 g/mol. The number of nitrogens with zero attached hydrogens (tertiary/aromatic N) is 4. The third kappa shape index (κ3) is 4.37. The molecular formula is C21H27N7O. The van der Waals surface area contributed by atoms with Gasteiger partial charge >= 0.3 is 0 Å². The molecule has 3 aromatic rings. The van der Waals surface area contributed by atoms with Crippen molar-refractivity contribution in [1.82, 2.24) is 19.7 Å². The fourth-order valence-electron chi connectivity index (χ4n) is 3.05. The van der Waals surface area contributed by atoms with E-state index < -0.39 is 0 Å². The van der Waals surface area contributed by atoms with Crippen LogP contribution >= 0.6 is 0 Å². The van der Waals surface area contributed by atoms with Gasteiger partial charge in [0.05, 0.1) is 42.0 Å². The molecule has 3 rings (SSSR count). The van der Waals surface area contributed by atoms with E-state index in [0.29, 0.717) is 24.7 Å². The topological polar surface area (TPSA) is 115 Å². The average Bonchev–Trinajstić information content (AvgIpc) is 3.16. The fourth-order valence-corrected chi connectivity index (χ4v) is 3.05. The van der Waals surface area contributed by atoms with Crippen LogP contribution in [0.3, 0.4) is 0 Å². The minimum Gasteiger partial charge on any atom is -0.477 e. The lowest BCUT2D eigenvalue weighted by Crippen LogP contribution is -2.13. The molecule has 0 aliphatic carbocycles. The molecule has 0 aromatic carbocycles. The predicted molar refractivity (Wildman–Crippen MR) is 116 cm³/mol. The Morgan fingerprint density at radius 2 is 2.24 bits per heavy atom. The Balaban J connectivity index is 2.13. The van der Waals surface area contributed by atoms with Crippen molar-refractivity contribution in [3.8, 4) is 17.1 Å². The van der Waals surface area contributed by atoms with E-state index in [9.17, 15) is 0 Å². The van der Waals surface area contributed by atoms with Crippen LogP contribution in [0.4, 0.5) is 5.69 Å². The van der Waals surface area contributed by atoms with Crippen molar-refractivity contribution in [3.05, 3.63) is 42.9 Å². The lowest BCUT2D eigenvalue weighted by Gasteiger charge is -2.16. The molecule has 0 radical (unpaired) electrons. The van der Waals surface area contributed by atoms with Crippen LogP contribution in [-0.2, 0) is 0 Å². The first-order valence-electron chi connectivity index (χ1n) is 9.75. The minimum absolute atomic E-state index is 0.224. The third-order valence-corrected chi connectivity index (χ3v) is 4.66. The van der Waals surface area contributed by atoms with Crippen molar-refractivity contribution < 1.29 is 4.74 Å². The molecule has 29 heavy (non-hydrogen) atoms. The molecule has 1 unspecified atom stereocenters. The van der Waals surface area contributed by atoms with Crippen molar-refractivity contribution in [2.75, 3.05) is 18.5 Å². The SMILES string of the molecule is CCOc1ncccc1-c1cc(NCC(=N)/C=C\N)c2c(cnn2C(C)CC)n1. The Labute approximate surface area is 170 Å². The van der Waals surface area contributed by atoms with Gasteiger partial charge in [-0.3, -0.25) is 4.68 Å². The van der Waals surface area contributed by atoms with Crippen molar-refractivity contribution in [2.45, 2.75) is 33.2 Å². The van der Waals surface area contributed by atoms with Gasteiger partial charge in [-0.2, -0.15) is 5.10 Å². The normalized spacial score (nSPS) is 12.4. The van der Waals surface area contributed by atoms with E-state index in [2.05, 4.69) is 29.2 Å². The largest absolute Gasteiger partial charge is 0.477 e. The van der Waals surface area contributed by atoms with Crippen molar-refractivity contribution in [3.63, 3.8) is 0 Å². The monoisotopic (exact) mass is 393 g/mol. The summed E-state index contributed by atoms with van der Waals surface area (Å²) in [6.45, 7) is 7.03. The van der Waals surface area contributed by atoms with Gasteiger partial charge in [0.2, 0.25) is 5.88 Å². The number of fused-ring (bicyclic) bond motifs is 1. The number of aromatic nitrogens is 4. The van der Waals surface area contributed by atoms with Gasteiger partial charge in [0.1, 0.15) is 11.0 Å². The summed E-state index contributed by atoms with van der Waals surface area (Å²) in [5.41, 5.74) is 9.87. The molecular weight excluding hydrogens is 366 g/mol. The molecule has 152 valence electrons. The summed E-state index contributed by atoms with van der Waals surface area (Å²) >= 11 is 0. The Bertz CT molecular complexity index is 1030. The summed E-state index contributed by atoms with van der Waals surface area (Å²) in [6, 6.07) is 5.98. The molecule has 8 nitrogen and oxygen atoms in total. The fraction of sp³-hybridized carbons (Fsp3) is 0.333. The van der Waals surface area contributed by atoms with Gasteiger partial charge in [-0.25, -0.2) is 9.97 Å². The smallest absolute Gasteiger partial charge is 0.222 e. The Kier molecular flexibility index (Phi) is 6.43. The van der Waals surface area contributed by atoms with Gasteiger partial charge < -0.3 is 21.2 Å². The van der Waals surface area contributed by atoms with Crippen LogP contribution in [0.2, 0.25) is 0 Å². The zero-order chi connectivity index (χ0) is 20.8. The van der Waals surface area contributed by atoms with Crippen LogP contribution < -0.4 is 15.8 Å². The van der Waals surface area contributed by atoms with Gasteiger partial charge in [0.15, 0.2) is 0 Å². The maximum Gasteiger partial charge on any atom is 0.222 e. The first-order valence-corrected chi connectivity index (χ1v) is 9.75. The number of hydrogen-bond donors (Lipinski definition) is 3. The first-order chi connectivity index (χ1) is 14.1. The second-order valence-corrected chi connectivity index (χ2v) is 6.66. The van der Waals surface area contributed by atoms with E-state index >= 15 is 0 Å². The molecule has 4 N–H and O–H groups in total. The summed E-state index contributed by atoms with van der Waals surface area (Å²) in [4.78, 5) is 9.16. The number of nitrogens with two attached hydrogens (primary N) is 1. The number of anilines is 1. The molecule has 0 saturated heterocycles. The number of nitrogens with one attached hydrogen (secondary N) is 2. The molecule has 0 aliphatic heterocycles. The van der Waals surface area contributed by atoms with Gasteiger partial charge in [-0.1, -0.05) is 6.92 Å². The summed E-state index contributed by atoms with van der Waals surface area (Å²) in [5.74, 6) is 0.543. The summed E-state index contributed by atoms with van der Waals surface area (Å²) < 4.78 is 7.66. The Morgan fingerprint density at radius 3 is 2.97 bits per heavy atom. The van der Waals surface area contributed by atoms with Gasteiger partial charge in [-0.15, -0.1) is 0 Å². The van der Waals surface area contributed by atoms with Crippen LogP contribution in [0.1, 0.15) is 33.2 Å². The van der Waals surface area contributed by atoms with Gasteiger partial charge in [0.25, 0.3) is 0 Å². The van der Waals surface area contributed by atoms with Crippen LogP contribution in [0, 0.1) is 5.41 Å². The van der Waals surface area contributed by atoms with Crippen molar-refractivity contribution in [1.29, 1.82) is 5.41 Å². The van der Waals surface area contributed by atoms with Crippen molar-refractivity contribution in [2.24, 2.45) is 5.73 Å². The van der Waals surface area contributed by atoms with Crippen LogP contribution in [0.25, 0.3) is 22.3 Å². The highest BCUT2D eigenvalue weighted by Crippen LogP contribution is 2.33. The van der Waals surface area contributed by atoms with Crippen LogP contribution in [0.15, 0.2) is 42.9 Å². The standard InChI is InChI=1S/C21H27N7O/c1-4-14(3)28-20-18(25-12-15(23)8-9-22)11-17(27-19(20)13-26-28)16-7-6-10-24-21(16)29-5-2/h6-11,13-14,23H,4-5,12,22H2,1-3H3,(H,25,27)/b9-8-,23-15?. The van der Waals surface area contributed by atoms with E-state index in [1.807, 2.05) is 29.8 Å². The number of pyridine rings is 2. The molecule has 3 heterocycles. The molecule has 0 fully saturated rings. The quantitative estimate of drug-likeness (QED) is 0.477. The zero-order valence-electron chi connectivity index (χ0n) is 17.0. The molecule has 0 saturated carbocycles. The van der Waals surface area contributed by atoms with Crippen molar-refractivity contribution >= 4 is 22.4 Å². The minimum atomic E-state index is 0.224. The molecule has 0 bridgehead atoms. The van der Waals surface area contributed by atoms with Gasteiger partial charge in [0, 0.05) is 12.2 Å². The highest BCUT2D eigenvalue weighted by Gasteiger charge is 2.17. The zero-order valence-corrected chi connectivity index (χ0v) is 17.0. The summed E-state index contributed by atoms with van der Waals surface area (Å²) in [5, 5.41) is 15.9. The van der Waals surface area contributed by atoms with E-state index in [1.54, 1.807) is 18.5 Å². The van der Waals surface area contributed by atoms with E-state index in [-0.39, 0.29) is 6.04 Å². The van der Waals surface area contributed by atoms with E-state index in [0.717, 1.165) is 34.4 Å². The van der Waals surface area contributed by atoms with Gasteiger partial charge in [-0.05, 0) is 50.7 Å². The third-order valence-electron chi connectivity index (χ3n) is 4.66. The molecule has 1 atom stereocenters. The summed E-state index contributed by atoms with van der Waals surface area (Å²) in [6.07, 6.45) is 7.35. The molecule has 0 spiro atoms. The number of hydrogen-bond acceptors (Lipinski definition) is 7. The molecule has 8 heteroatoms. The predicted octanol–water partition coefficient (Wildman–Crippen LogP) is 3.77. The molecule has 3 aromatic heterocycles. The lowest BCUT2D eigenvalue weighted by atomic mass is 10.1. The summed E-state index contributed by atoms with van der Waals surface area (Å²) in [7, 11) is 0. The second kappa shape index (κ2) is 9.18. The molecule has 0 aliphatic rings. The number of ether oxygens (including phenoxy) is 1. The highest BCUT2D eigenvalue weighted by atomic mass is 16.5. The Hall–Kier alpha value is -3.42. The maximum absolute atomic E-state index is 7.99. The van der Waals surface area contributed by atoms with E-state index in [4.69, 9.17) is 20.9 Å². The second-order valence-electron chi connectivity index (χ2n) is 6.66. The van der Waals surface area contributed by atoms with E-state index in [1.165, 1.54) is 6.20 Å². The Morgan fingerprint density at radius 1 is 1.41 bits per heavy atom. The first kappa shape index (κ1) is 20.3. The highest BCUT2D eigenvalue weighted by molar-refractivity contribution is 5.98. The number of rotatable bonds is 9. The maximum atomic E-state index is 7.99. The van der Waals surface area contributed by atoms with Crippen LogP contribution in [-0.4, -0.2) is 38.6 Å².